The third-order valence-corrected chi connectivity index (χ3v) is 8.58. The maximum atomic E-state index is 6.40. The van der Waals surface area contributed by atoms with Crippen LogP contribution in [0.1, 0.15) is 63.5 Å². The van der Waals surface area contributed by atoms with Gasteiger partial charge in [-0.2, -0.15) is 0 Å². The average Bonchev–Trinajstić information content (AvgIpc) is 3.25. The fourth-order valence-electron chi connectivity index (χ4n) is 6.09. The van der Waals surface area contributed by atoms with Gasteiger partial charge in [0.1, 0.15) is 12.2 Å². The molecule has 1 saturated heterocycles. The first kappa shape index (κ1) is 26.5. The first-order valence-electron chi connectivity index (χ1n) is 14.2. The highest BCUT2D eigenvalue weighted by molar-refractivity contribution is 9.10. The molecule has 2 aliphatic heterocycles. The van der Waals surface area contributed by atoms with Crippen LogP contribution in [0.25, 0.3) is 10.9 Å². The number of pyridine rings is 1. The largest absolute Gasteiger partial charge is 0.475 e. The summed E-state index contributed by atoms with van der Waals surface area (Å²) in [6.07, 6.45) is 9.99. The lowest BCUT2D eigenvalue weighted by atomic mass is 9.99. The van der Waals surface area contributed by atoms with Gasteiger partial charge in [-0.05, 0) is 54.8 Å². The lowest BCUT2D eigenvalue weighted by molar-refractivity contribution is 0.0503. The van der Waals surface area contributed by atoms with Gasteiger partial charge in [-0.25, -0.2) is 0 Å². The van der Waals surface area contributed by atoms with Crippen molar-refractivity contribution >= 4 is 32.5 Å². The quantitative estimate of drug-likeness (QED) is 0.312. The molecule has 0 radical (unpaired) electrons. The fourth-order valence-corrected chi connectivity index (χ4v) is 6.35. The molecule has 0 amide bonds. The number of anilines is 1. The van der Waals surface area contributed by atoms with E-state index in [9.17, 15) is 0 Å². The molecule has 198 valence electrons. The van der Waals surface area contributed by atoms with Crippen LogP contribution >= 0.6 is 15.9 Å². The van der Waals surface area contributed by atoms with Crippen molar-refractivity contribution in [2.24, 2.45) is 0 Å². The zero-order valence-corrected chi connectivity index (χ0v) is 24.0. The van der Waals surface area contributed by atoms with Crippen molar-refractivity contribution in [1.29, 1.82) is 0 Å². The molecule has 1 aliphatic carbocycles. The smallest absolute Gasteiger partial charge is 0.152 e. The van der Waals surface area contributed by atoms with Gasteiger partial charge in [0.25, 0.3) is 0 Å². The summed E-state index contributed by atoms with van der Waals surface area (Å²) in [5, 5.41) is 1.24. The molecule has 3 heterocycles. The number of hydrogen-bond donors (Lipinski definition) is 0. The summed E-state index contributed by atoms with van der Waals surface area (Å²) < 4.78 is 7.53. The Labute approximate surface area is 230 Å². The first-order valence-corrected chi connectivity index (χ1v) is 15.0. The summed E-state index contributed by atoms with van der Waals surface area (Å²) in [5.74, 6) is 1.01. The van der Waals surface area contributed by atoms with Crippen LogP contribution in [0.5, 0.6) is 5.75 Å². The first-order chi connectivity index (χ1) is 18.2. The molecule has 1 saturated carbocycles. The van der Waals surface area contributed by atoms with Crippen LogP contribution in [0.2, 0.25) is 0 Å². The Morgan fingerprint density at radius 2 is 1.68 bits per heavy atom. The SMILES string of the molecule is Brc1ccc(N2CCN(Cc3cc4c(c5ncccc35)OCN(C3CCCCCC3)C4)CC2)cc1.CC. The standard InChI is InChI=1S/C29H35BrN4O.C2H6/c30-24-9-11-26(12-10-24)33-16-14-32(15-17-33)19-22-18-23-20-34(25-6-3-1-2-4-7-25)21-35-29(23)28-27(22)8-5-13-31-28;1-2/h5,8-13,18,25H,1-4,6-7,14-17,19-21H2;1-2H3. The van der Waals surface area contributed by atoms with Crippen molar-refractivity contribution in [3.8, 4) is 5.75 Å². The van der Waals surface area contributed by atoms with Gasteiger partial charge in [-0.3, -0.25) is 14.8 Å². The van der Waals surface area contributed by atoms with Crippen molar-refractivity contribution < 1.29 is 4.74 Å². The lowest BCUT2D eigenvalue weighted by Crippen LogP contribution is -2.46. The highest BCUT2D eigenvalue weighted by Gasteiger charge is 2.28. The summed E-state index contributed by atoms with van der Waals surface area (Å²) in [5.41, 5.74) is 5.05. The fraction of sp³-hybridized carbons (Fsp3) is 0.516. The monoisotopic (exact) mass is 564 g/mol. The molecular formula is C31H41BrN4O. The van der Waals surface area contributed by atoms with E-state index in [4.69, 9.17) is 9.72 Å². The Kier molecular flexibility index (Phi) is 9.01. The van der Waals surface area contributed by atoms with Crippen LogP contribution in [0.15, 0.2) is 53.1 Å². The summed E-state index contributed by atoms with van der Waals surface area (Å²) in [4.78, 5) is 12.4. The lowest BCUT2D eigenvalue weighted by Gasteiger charge is -2.37. The minimum atomic E-state index is 0.653. The van der Waals surface area contributed by atoms with Gasteiger partial charge in [0, 0.05) is 72.6 Å². The minimum absolute atomic E-state index is 0.653. The predicted molar refractivity (Wildman–Crippen MR) is 157 cm³/mol. The van der Waals surface area contributed by atoms with E-state index in [0.29, 0.717) is 12.8 Å². The van der Waals surface area contributed by atoms with Gasteiger partial charge < -0.3 is 9.64 Å². The molecule has 0 atom stereocenters. The minimum Gasteiger partial charge on any atom is -0.475 e. The highest BCUT2D eigenvalue weighted by Crippen LogP contribution is 2.37. The summed E-state index contributed by atoms with van der Waals surface area (Å²) in [7, 11) is 0. The van der Waals surface area contributed by atoms with E-state index in [-0.39, 0.29) is 0 Å². The molecule has 1 aromatic heterocycles. The van der Waals surface area contributed by atoms with Gasteiger partial charge in [0.05, 0.1) is 0 Å². The van der Waals surface area contributed by atoms with E-state index in [0.717, 1.165) is 55.0 Å². The van der Waals surface area contributed by atoms with Gasteiger partial charge in [-0.1, -0.05) is 61.5 Å². The number of benzene rings is 2. The number of hydrogen-bond acceptors (Lipinski definition) is 5. The molecular weight excluding hydrogens is 524 g/mol. The third kappa shape index (κ3) is 6.13. The van der Waals surface area contributed by atoms with E-state index in [1.54, 1.807) is 0 Å². The van der Waals surface area contributed by atoms with Crippen molar-refractivity contribution in [3.63, 3.8) is 0 Å². The van der Waals surface area contributed by atoms with Crippen LogP contribution in [0, 0.1) is 0 Å². The van der Waals surface area contributed by atoms with Crippen LogP contribution in [0.3, 0.4) is 0 Å². The molecule has 3 aromatic rings. The van der Waals surface area contributed by atoms with Gasteiger partial charge in [0.2, 0.25) is 0 Å². The van der Waals surface area contributed by atoms with Crippen LogP contribution < -0.4 is 9.64 Å². The van der Waals surface area contributed by atoms with Gasteiger partial charge in [0.15, 0.2) is 5.75 Å². The summed E-state index contributed by atoms with van der Waals surface area (Å²) in [6, 6.07) is 16.0. The van der Waals surface area contributed by atoms with Gasteiger partial charge >= 0.3 is 0 Å². The number of ether oxygens (including phenoxy) is 1. The molecule has 6 rings (SSSR count). The number of fused-ring (bicyclic) bond motifs is 3. The molecule has 2 fully saturated rings. The highest BCUT2D eigenvalue weighted by atomic mass is 79.9. The topological polar surface area (TPSA) is 31.8 Å². The van der Waals surface area contributed by atoms with E-state index in [1.807, 2.05) is 20.0 Å². The molecule has 3 aliphatic rings. The Morgan fingerprint density at radius 3 is 2.41 bits per heavy atom. The molecule has 0 unspecified atom stereocenters. The van der Waals surface area contributed by atoms with E-state index < -0.39 is 0 Å². The molecule has 6 heteroatoms. The number of rotatable bonds is 4. The van der Waals surface area contributed by atoms with Gasteiger partial charge in [-0.15, -0.1) is 0 Å². The van der Waals surface area contributed by atoms with Crippen molar-refractivity contribution in [2.75, 3.05) is 37.8 Å². The van der Waals surface area contributed by atoms with E-state index in [2.05, 4.69) is 73.1 Å². The molecule has 5 nitrogen and oxygen atoms in total. The Balaban J connectivity index is 0.00000137. The van der Waals surface area contributed by atoms with Crippen LogP contribution in [-0.2, 0) is 13.1 Å². The number of nitrogens with zero attached hydrogens (tertiary/aromatic N) is 4. The molecule has 0 spiro atoms. The number of piperazine rings is 1. The van der Waals surface area contributed by atoms with E-state index in [1.165, 1.54) is 60.7 Å². The zero-order valence-electron chi connectivity index (χ0n) is 22.5. The Hall–Kier alpha value is -2.15. The molecule has 0 bridgehead atoms. The molecule has 0 N–H and O–H groups in total. The third-order valence-electron chi connectivity index (χ3n) is 8.06. The summed E-state index contributed by atoms with van der Waals surface area (Å²) >= 11 is 3.55. The second-order valence-corrected chi connectivity index (χ2v) is 11.2. The number of halogens is 1. The maximum Gasteiger partial charge on any atom is 0.152 e. The summed E-state index contributed by atoms with van der Waals surface area (Å²) in [6.45, 7) is 10.9. The zero-order chi connectivity index (χ0) is 25.6. The Bertz CT molecular complexity index is 1150. The van der Waals surface area contributed by atoms with Crippen molar-refractivity contribution in [2.45, 2.75) is 71.5 Å². The van der Waals surface area contributed by atoms with Crippen molar-refractivity contribution in [3.05, 3.63) is 64.3 Å². The molecule has 37 heavy (non-hydrogen) atoms. The molecule has 2 aromatic carbocycles. The number of aromatic nitrogens is 1. The average molecular weight is 566 g/mol. The second-order valence-electron chi connectivity index (χ2n) is 10.3. The van der Waals surface area contributed by atoms with E-state index >= 15 is 0 Å². The normalized spacial score (nSPS) is 19.5. The predicted octanol–water partition coefficient (Wildman–Crippen LogP) is 7.22. The van der Waals surface area contributed by atoms with Crippen LogP contribution in [-0.4, -0.2) is 53.7 Å². The van der Waals surface area contributed by atoms with Crippen LogP contribution in [0.4, 0.5) is 5.69 Å². The Morgan fingerprint density at radius 1 is 0.946 bits per heavy atom. The second kappa shape index (κ2) is 12.6. The maximum absolute atomic E-state index is 6.40. The van der Waals surface area contributed by atoms with Crippen molar-refractivity contribution in [1.82, 2.24) is 14.8 Å².